The highest BCUT2D eigenvalue weighted by Gasteiger charge is 2.25. The van der Waals surface area contributed by atoms with E-state index >= 15 is 0 Å². The maximum absolute atomic E-state index is 13.3. The SMILES string of the molecule is CSc1ccc(CC(C)NC(=O)C(OC(C)=O)Oc2ccc3c(cnn3-c3ccc(F)cc3)c2)cc1. The van der Waals surface area contributed by atoms with E-state index in [-0.39, 0.29) is 11.9 Å². The summed E-state index contributed by atoms with van der Waals surface area (Å²) >= 11 is 1.67. The van der Waals surface area contributed by atoms with Crippen molar-refractivity contribution in [2.45, 2.75) is 37.5 Å². The summed E-state index contributed by atoms with van der Waals surface area (Å²) in [5.74, 6) is -1.19. The summed E-state index contributed by atoms with van der Waals surface area (Å²) < 4.78 is 25.9. The summed E-state index contributed by atoms with van der Waals surface area (Å²) in [6, 6.07) is 19.0. The van der Waals surface area contributed by atoms with Gasteiger partial charge in [-0.2, -0.15) is 5.10 Å². The number of amides is 1. The third kappa shape index (κ3) is 6.23. The number of ether oxygens (including phenoxy) is 2. The van der Waals surface area contributed by atoms with Crippen LogP contribution in [0.15, 0.2) is 77.8 Å². The molecule has 4 aromatic rings. The molecular formula is C27H26FN3O4S. The van der Waals surface area contributed by atoms with Crippen LogP contribution in [0.2, 0.25) is 0 Å². The molecule has 0 radical (unpaired) electrons. The fourth-order valence-electron chi connectivity index (χ4n) is 3.75. The Morgan fingerprint density at radius 3 is 2.47 bits per heavy atom. The number of carbonyl (C=O) groups excluding carboxylic acids is 2. The zero-order chi connectivity index (χ0) is 25.7. The van der Waals surface area contributed by atoms with Crippen LogP contribution in [0.3, 0.4) is 0 Å². The predicted molar refractivity (Wildman–Crippen MR) is 137 cm³/mol. The van der Waals surface area contributed by atoms with Gasteiger partial charge in [-0.15, -0.1) is 11.8 Å². The van der Waals surface area contributed by atoms with E-state index in [1.807, 2.05) is 37.4 Å². The van der Waals surface area contributed by atoms with Crippen LogP contribution in [0.1, 0.15) is 19.4 Å². The van der Waals surface area contributed by atoms with Gasteiger partial charge in [0.2, 0.25) is 0 Å². The second kappa shape index (κ2) is 11.3. The minimum atomic E-state index is -1.45. The number of nitrogens with one attached hydrogen (secondary N) is 1. The summed E-state index contributed by atoms with van der Waals surface area (Å²) in [7, 11) is 0. The predicted octanol–water partition coefficient (Wildman–Crippen LogP) is 4.90. The van der Waals surface area contributed by atoms with E-state index in [0.29, 0.717) is 17.9 Å². The number of carbonyl (C=O) groups is 2. The molecule has 1 amide bonds. The molecule has 2 atom stereocenters. The van der Waals surface area contributed by atoms with Crippen LogP contribution in [-0.4, -0.2) is 40.2 Å². The van der Waals surface area contributed by atoms with Crippen molar-refractivity contribution in [3.8, 4) is 11.4 Å². The van der Waals surface area contributed by atoms with Gasteiger partial charge in [0.05, 0.1) is 17.4 Å². The fraction of sp³-hybridized carbons (Fsp3) is 0.222. The molecule has 0 saturated carbocycles. The van der Waals surface area contributed by atoms with Gasteiger partial charge in [-0.1, -0.05) is 12.1 Å². The summed E-state index contributed by atoms with van der Waals surface area (Å²) in [6.45, 7) is 3.09. The van der Waals surface area contributed by atoms with Crippen molar-refractivity contribution >= 4 is 34.5 Å². The number of thioether (sulfide) groups is 1. The monoisotopic (exact) mass is 507 g/mol. The second-order valence-electron chi connectivity index (χ2n) is 8.27. The molecule has 0 spiro atoms. The highest BCUT2D eigenvalue weighted by Crippen LogP contribution is 2.24. The van der Waals surface area contributed by atoms with Crippen molar-refractivity contribution in [2.24, 2.45) is 0 Å². The first-order chi connectivity index (χ1) is 17.3. The van der Waals surface area contributed by atoms with Crippen LogP contribution in [0.5, 0.6) is 5.75 Å². The quantitative estimate of drug-likeness (QED) is 0.197. The molecule has 1 aromatic heterocycles. The van der Waals surface area contributed by atoms with Gasteiger partial charge in [-0.25, -0.2) is 9.07 Å². The number of benzene rings is 3. The van der Waals surface area contributed by atoms with Gasteiger partial charge in [0.15, 0.2) is 0 Å². The Labute approximate surface area is 212 Å². The molecule has 3 aromatic carbocycles. The van der Waals surface area contributed by atoms with E-state index in [1.165, 1.54) is 24.0 Å². The maximum atomic E-state index is 13.3. The first-order valence-corrected chi connectivity index (χ1v) is 12.6. The molecule has 0 bridgehead atoms. The van der Waals surface area contributed by atoms with Crippen molar-refractivity contribution in [1.29, 1.82) is 0 Å². The molecule has 2 unspecified atom stereocenters. The van der Waals surface area contributed by atoms with E-state index < -0.39 is 18.2 Å². The molecule has 0 aliphatic heterocycles. The number of aromatic nitrogens is 2. The minimum Gasteiger partial charge on any atom is -0.446 e. The average Bonchev–Trinajstić information content (AvgIpc) is 3.27. The molecular weight excluding hydrogens is 481 g/mol. The fourth-order valence-corrected chi connectivity index (χ4v) is 4.16. The lowest BCUT2D eigenvalue weighted by atomic mass is 10.1. The maximum Gasteiger partial charge on any atom is 0.323 e. The Hall–Kier alpha value is -3.85. The summed E-state index contributed by atoms with van der Waals surface area (Å²) in [4.78, 5) is 25.7. The van der Waals surface area contributed by atoms with Crippen molar-refractivity contribution < 1.29 is 23.5 Å². The van der Waals surface area contributed by atoms with Crippen molar-refractivity contribution in [2.75, 3.05) is 6.26 Å². The van der Waals surface area contributed by atoms with E-state index in [2.05, 4.69) is 10.4 Å². The molecule has 7 nitrogen and oxygen atoms in total. The molecule has 0 aliphatic carbocycles. The van der Waals surface area contributed by atoms with E-state index in [0.717, 1.165) is 16.5 Å². The number of hydrogen-bond donors (Lipinski definition) is 1. The number of halogens is 1. The Bertz CT molecular complexity index is 1360. The van der Waals surface area contributed by atoms with Gasteiger partial charge in [-0.3, -0.25) is 9.59 Å². The van der Waals surface area contributed by atoms with E-state index in [1.54, 1.807) is 53.0 Å². The van der Waals surface area contributed by atoms with Gasteiger partial charge in [0.1, 0.15) is 11.6 Å². The van der Waals surface area contributed by atoms with Crippen molar-refractivity contribution in [3.05, 3.63) is 84.3 Å². The lowest BCUT2D eigenvalue weighted by molar-refractivity contribution is -0.171. The molecule has 1 heterocycles. The lowest BCUT2D eigenvalue weighted by Crippen LogP contribution is -2.45. The summed E-state index contributed by atoms with van der Waals surface area (Å²) in [6.07, 6.45) is 2.81. The van der Waals surface area contributed by atoms with E-state index in [9.17, 15) is 14.0 Å². The first kappa shape index (κ1) is 25.2. The number of nitrogens with zero attached hydrogens (tertiary/aromatic N) is 2. The molecule has 0 fully saturated rings. The van der Waals surface area contributed by atoms with Crippen molar-refractivity contribution in [3.63, 3.8) is 0 Å². The highest BCUT2D eigenvalue weighted by atomic mass is 32.2. The second-order valence-corrected chi connectivity index (χ2v) is 9.15. The molecule has 186 valence electrons. The molecule has 0 aliphatic rings. The molecule has 9 heteroatoms. The lowest BCUT2D eigenvalue weighted by Gasteiger charge is -2.21. The molecule has 36 heavy (non-hydrogen) atoms. The normalized spacial score (nSPS) is 12.7. The number of esters is 1. The third-order valence-electron chi connectivity index (χ3n) is 5.43. The molecule has 0 saturated heterocycles. The average molecular weight is 508 g/mol. The van der Waals surface area contributed by atoms with Gasteiger partial charge < -0.3 is 14.8 Å². The van der Waals surface area contributed by atoms with E-state index in [4.69, 9.17) is 9.47 Å². The minimum absolute atomic E-state index is 0.212. The smallest absolute Gasteiger partial charge is 0.323 e. The first-order valence-electron chi connectivity index (χ1n) is 11.3. The third-order valence-corrected chi connectivity index (χ3v) is 6.17. The van der Waals surface area contributed by atoms with Gasteiger partial charge >= 0.3 is 18.2 Å². The Kier molecular flexibility index (Phi) is 7.90. The number of hydrogen-bond acceptors (Lipinski definition) is 6. The van der Waals surface area contributed by atoms with Crippen LogP contribution < -0.4 is 10.1 Å². The van der Waals surface area contributed by atoms with Crippen molar-refractivity contribution in [1.82, 2.24) is 15.1 Å². The standard InChI is InChI=1S/C27H26FN3O4S/c1-17(14-19-4-11-24(36-3)12-5-19)30-26(33)27(34-18(2)32)35-23-10-13-25-20(15-23)16-29-31(25)22-8-6-21(28)7-9-22/h4-13,15-17,27H,14H2,1-3H3,(H,30,33). The Balaban J connectivity index is 1.46. The highest BCUT2D eigenvalue weighted by molar-refractivity contribution is 7.98. The van der Waals surface area contributed by atoms with Gasteiger partial charge in [-0.05, 0) is 79.8 Å². The zero-order valence-electron chi connectivity index (χ0n) is 20.1. The van der Waals surface area contributed by atoms with Crippen LogP contribution in [0.4, 0.5) is 4.39 Å². The molecule has 1 N–H and O–H groups in total. The zero-order valence-corrected chi connectivity index (χ0v) is 20.9. The Morgan fingerprint density at radius 1 is 1.08 bits per heavy atom. The van der Waals surface area contributed by atoms with Gasteiger partial charge in [0.25, 0.3) is 0 Å². The largest absolute Gasteiger partial charge is 0.446 e. The van der Waals surface area contributed by atoms with Gasteiger partial charge in [0, 0.05) is 23.2 Å². The Morgan fingerprint density at radius 2 is 1.81 bits per heavy atom. The van der Waals surface area contributed by atoms with Crippen LogP contribution in [0, 0.1) is 5.82 Å². The summed E-state index contributed by atoms with van der Waals surface area (Å²) in [5.41, 5.74) is 2.55. The van der Waals surface area contributed by atoms with Crippen LogP contribution in [-0.2, 0) is 20.7 Å². The molecule has 4 rings (SSSR count). The number of fused-ring (bicyclic) bond motifs is 1. The van der Waals surface area contributed by atoms with Crippen LogP contribution in [0.25, 0.3) is 16.6 Å². The topological polar surface area (TPSA) is 82.4 Å². The number of rotatable bonds is 9. The van der Waals surface area contributed by atoms with Crippen LogP contribution >= 0.6 is 11.8 Å². The summed E-state index contributed by atoms with van der Waals surface area (Å²) in [5, 5.41) is 7.96.